The molecule has 3 heterocycles. The van der Waals surface area contributed by atoms with Crippen LogP contribution in [0.2, 0.25) is 0 Å². The van der Waals surface area contributed by atoms with Crippen LogP contribution >= 0.6 is 11.3 Å². The molecule has 0 saturated carbocycles. The van der Waals surface area contributed by atoms with E-state index in [2.05, 4.69) is 15.4 Å². The Morgan fingerprint density at radius 1 is 1.09 bits per heavy atom. The number of furan rings is 1. The van der Waals surface area contributed by atoms with E-state index in [4.69, 9.17) is 4.42 Å². The SMILES string of the molecule is Cc1ccc(-c2nn(-c3ccccc3)cc2C(=O)Nc2nc3ccc(S(C)(=O)=O)cc3s2)o1. The lowest BCUT2D eigenvalue weighted by molar-refractivity contribution is 0.102. The molecule has 0 spiro atoms. The number of amides is 1. The lowest BCUT2D eigenvalue weighted by Gasteiger charge is -2.00. The number of fused-ring (bicyclic) bond motifs is 1. The molecule has 1 amide bonds. The molecule has 0 fully saturated rings. The van der Waals surface area contributed by atoms with E-state index in [0.29, 0.717) is 38.1 Å². The van der Waals surface area contributed by atoms with Crippen LogP contribution in [0.3, 0.4) is 0 Å². The zero-order valence-corrected chi connectivity index (χ0v) is 19.3. The van der Waals surface area contributed by atoms with Gasteiger partial charge in [-0.05, 0) is 49.4 Å². The Labute approximate surface area is 193 Å². The maximum absolute atomic E-state index is 13.2. The number of aromatic nitrogens is 3. The Hall–Kier alpha value is -3.76. The van der Waals surface area contributed by atoms with Gasteiger partial charge in [0.05, 0.1) is 26.4 Å². The molecule has 0 aliphatic carbocycles. The van der Waals surface area contributed by atoms with Gasteiger partial charge in [-0.15, -0.1) is 0 Å². The molecule has 166 valence electrons. The highest BCUT2D eigenvalue weighted by atomic mass is 32.2. The molecule has 0 radical (unpaired) electrons. The monoisotopic (exact) mass is 478 g/mol. The average Bonchev–Trinajstić information content (AvgIpc) is 3.50. The number of anilines is 1. The molecule has 8 nitrogen and oxygen atoms in total. The zero-order valence-electron chi connectivity index (χ0n) is 17.6. The van der Waals surface area contributed by atoms with Crippen LogP contribution in [-0.4, -0.2) is 35.3 Å². The predicted octanol–water partition coefficient (Wildman–Crippen LogP) is 4.71. The van der Waals surface area contributed by atoms with Crippen LogP contribution in [0.5, 0.6) is 0 Å². The summed E-state index contributed by atoms with van der Waals surface area (Å²) in [6.07, 6.45) is 2.80. The number of benzene rings is 2. The van der Waals surface area contributed by atoms with Crippen molar-refractivity contribution in [1.82, 2.24) is 14.8 Å². The van der Waals surface area contributed by atoms with Gasteiger partial charge in [-0.2, -0.15) is 5.10 Å². The first kappa shape index (κ1) is 21.1. The van der Waals surface area contributed by atoms with Crippen LogP contribution in [-0.2, 0) is 9.84 Å². The number of para-hydroxylation sites is 1. The van der Waals surface area contributed by atoms with E-state index in [1.165, 1.54) is 17.4 Å². The Morgan fingerprint density at radius 3 is 2.58 bits per heavy atom. The largest absolute Gasteiger partial charge is 0.460 e. The third-order valence-corrected chi connectivity index (χ3v) is 7.01. The predicted molar refractivity (Wildman–Crippen MR) is 127 cm³/mol. The van der Waals surface area contributed by atoms with E-state index in [0.717, 1.165) is 11.9 Å². The Kier molecular flexibility index (Phi) is 5.10. The number of nitrogens with zero attached hydrogens (tertiary/aromatic N) is 3. The van der Waals surface area contributed by atoms with E-state index in [9.17, 15) is 13.2 Å². The van der Waals surface area contributed by atoms with Crippen LogP contribution < -0.4 is 5.32 Å². The molecule has 0 bridgehead atoms. The van der Waals surface area contributed by atoms with Crippen molar-refractivity contribution in [2.45, 2.75) is 11.8 Å². The third-order valence-electron chi connectivity index (χ3n) is 4.96. The number of rotatable bonds is 5. The molecule has 3 aromatic heterocycles. The summed E-state index contributed by atoms with van der Waals surface area (Å²) < 4.78 is 31.7. The fraction of sp³-hybridized carbons (Fsp3) is 0.0870. The minimum absolute atomic E-state index is 0.205. The molecule has 10 heteroatoms. The first-order valence-corrected chi connectivity index (χ1v) is 12.6. The van der Waals surface area contributed by atoms with Crippen LogP contribution in [0.1, 0.15) is 16.1 Å². The first-order valence-electron chi connectivity index (χ1n) is 9.92. The number of aryl methyl sites for hydroxylation is 1. The highest BCUT2D eigenvalue weighted by Crippen LogP contribution is 2.30. The van der Waals surface area contributed by atoms with Crippen molar-refractivity contribution in [3.8, 4) is 17.1 Å². The molecule has 2 aromatic carbocycles. The summed E-state index contributed by atoms with van der Waals surface area (Å²) in [7, 11) is -3.34. The number of nitrogens with one attached hydrogen (secondary N) is 1. The van der Waals surface area contributed by atoms with Gasteiger partial charge in [0.25, 0.3) is 5.91 Å². The fourth-order valence-electron chi connectivity index (χ4n) is 3.35. The first-order chi connectivity index (χ1) is 15.8. The van der Waals surface area contributed by atoms with Crippen molar-refractivity contribution in [1.29, 1.82) is 0 Å². The highest BCUT2D eigenvalue weighted by molar-refractivity contribution is 7.90. The van der Waals surface area contributed by atoms with Gasteiger partial charge in [-0.25, -0.2) is 18.1 Å². The quantitative estimate of drug-likeness (QED) is 0.392. The molecular weight excluding hydrogens is 460 g/mol. The van der Waals surface area contributed by atoms with E-state index in [1.807, 2.05) is 43.3 Å². The number of hydrogen-bond acceptors (Lipinski definition) is 7. The second kappa shape index (κ2) is 7.98. The number of thiazole rings is 1. The van der Waals surface area contributed by atoms with Gasteiger partial charge in [-0.1, -0.05) is 29.5 Å². The fourth-order valence-corrected chi connectivity index (χ4v) is 4.97. The Bertz CT molecular complexity index is 1600. The molecule has 0 aliphatic heterocycles. The number of carbonyl (C=O) groups is 1. The summed E-state index contributed by atoms with van der Waals surface area (Å²) in [5.74, 6) is 0.788. The van der Waals surface area contributed by atoms with Gasteiger partial charge in [-0.3, -0.25) is 10.1 Å². The number of sulfone groups is 1. The average molecular weight is 479 g/mol. The summed E-state index contributed by atoms with van der Waals surface area (Å²) in [6.45, 7) is 1.82. The molecule has 5 rings (SSSR count). The molecule has 0 aliphatic rings. The van der Waals surface area contributed by atoms with Gasteiger partial charge in [0.1, 0.15) is 11.5 Å². The topological polar surface area (TPSA) is 107 Å². The van der Waals surface area contributed by atoms with Gasteiger partial charge in [0, 0.05) is 12.5 Å². The van der Waals surface area contributed by atoms with Crippen LogP contribution in [0, 0.1) is 6.92 Å². The van der Waals surface area contributed by atoms with Crippen LogP contribution in [0.4, 0.5) is 5.13 Å². The Balaban J connectivity index is 1.52. The smallest absolute Gasteiger partial charge is 0.261 e. The van der Waals surface area contributed by atoms with Gasteiger partial charge >= 0.3 is 0 Å². The summed E-state index contributed by atoms with van der Waals surface area (Å²) in [5.41, 5.74) is 2.13. The maximum atomic E-state index is 13.2. The van der Waals surface area contributed by atoms with Crippen molar-refractivity contribution >= 4 is 42.4 Å². The highest BCUT2D eigenvalue weighted by Gasteiger charge is 2.22. The third kappa shape index (κ3) is 4.18. The van der Waals surface area contributed by atoms with E-state index < -0.39 is 15.7 Å². The lowest BCUT2D eigenvalue weighted by atomic mass is 10.2. The number of carbonyl (C=O) groups excluding carboxylic acids is 1. The maximum Gasteiger partial charge on any atom is 0.261 e. The standard InChI is InChI=1S/C23H18N4O4S2/c1-14-8-11-19(31-14)21-17(13-27(26-21)15-6-4-3-5-7-15)22(28)25-23-24-18-10-9-16(33(2,29)30)12-20(18)32-23/h3-13H,1-2H3,(H,24,25,28). The minimum atomic E-state index is -3.34. The molecule has 0 atom stereocenters. The molecule has 0 saturated heterocycles. The molecule has 5 aromatic rings. The lowest BCUT2D eigenvalue weighted by Crippen LogP contribution is -2.12. The van der Waals surface area contributed by atoms with Crippen molar-refractivity contribution in [3.05, 3.63) is 78.2 Å². The van der Waals surface area contributed by atoms with E-state index in [-0.39, 0.29) is 4.90 Å². The Morgan fingerprint density at radius 2 is 1.88 bits per heavy atom. The van der Waals surface area contributed by atoms with Crippen LogP contribution in [0.15, 0.2) is 76.2 Å². The summed E-state index contributed by atoms with van der Waals surface area (Å²) in [5, 5.41) is 7.75. The zero-order chi connectivity index (χ0) is 23.2. The van der Waals surface area contributed by atoms with Crippen molar-refractivity contribution in [2.24, 2.45) is 0 Å². The van der Waals surface area contributed by atoms with Crippen molar-refractivity contribution in [3.63, 3.8) is 0 Å². The molecular formula is C23H18N4O4S2. The normalized spacial score (nSPS) is 11.7. The second-order valence-electron chi connectivity index (χ2n) is 7.46. The number of hydrogen-bond donors (Lipinski definition) is 1. The van der Waals surface area contributed by atoms with E-state index >= 15 is 0 Å². The summed E-state index contributed by atoms with van der Waals surface area (Å²) in [4.78, 5) is 17.8. The minimum Gasteiger partial charge on any atom is -0.460 e. The molecule has 33 heavy (non-hydrogen) atoms. The van der Waals surface area contributed by atoms with Gasteiger partial charge < -0.3 is 4.42 Å². The van der Waals surface area contributed by atoms with Gasteiger partial charge in [0.15, 0.2) is 20.7 Å². The van der Waals surface area contributed by atoms with Crippen molar-refractivity contribution in [2.75, 3.05) is 11.6 Å². The molecule has 1 N–H and O–H groups in total. The second-order valence-corrected chi connectivity index (χ2v) is 10.5. The summed E-state index contributed by atoms with van der Waals surface area (Å²) in [6, 6.07) is 17.7. The summed E-state index contributed by atoms with van der Waals surface area (Å²) >= 11 is 1.20. The molecule has 0 unspecified atom stereocenters. The van der Waals surface area contributed by atoms with E-state index in [1.54, 1.807) is 29.1 Å². The van der Waals surface area contributed by atoms with Crippen LogP contribution in [0.25, 0.3) is 27.4 Å². The van der Waals surface area contributed by atoms with Crippen molar-refractivity contribution < 1.29 is 17.6 Å². The van der Waals surface area contributed by atoms with Gasteiger partial charge in [0.2, 0.25) is 0 Å².